The Morgan fingerprint density at radius 3 is 2.42 bits per heavy atom. The molecule has 9 nitrogen and oxygen atoms in total. The lowest BCUT2D eigenvalue weighted by molar-refractivity contribution is -0.125. The molecule has 1 aliphatic rings. The van der Waals surface area contributed by atoms with Crippen LogP contribution in [0.3, 0.4) is 0 Å². The third-order valence-electron chi connectivity index (χ3n) is 4.86. The first-order chi connectivity index (χ1) is 14.8. The van der Waals surface area contributed by atoms with E-state index in [0.29, 0.717) is 24.3 Å². The van der Waals surface area contributed by atoms with E-state index < -0.39 is 22.0 Å². The number of hydrogen-bond donors (Lipinski definition) is 3. The predicted octanol–water partition coefficient (Wildman–Crippen LogP) is 2.50. The molecule has 166 valence electrons. The first kappa shape index (κ1) is 22.4. The second-order valence-corrected chi connectivity index (χ2v) is 8.71. The number of amides is 2. The maximum Gasteiger partial charge on any atom is 0.265 e. The average molecular weight is 448 g/mol. The zero-order valence-corrected chi connectivity index (χ0v) is 18.1. The highest BCUT2D eigenvalue weighted by atomic mass is 32.2. The molecule has 0 spiro atoms. The first-order valence-electron chi connectivity index (χ1n) is 9.77. The minimum atomic E-state index is -4.01. The minimum absolute atomic E-state index is 0.127. The van der Waals surface area contributed by atoms with Gasteiger partial charge in [0.05, 0.1) is 14.2 Å². The molecule has 3 rings (SSSR count). The van der Waals surface area contributed by atoms with Crippen molar-refractivity contribution in [1.82, 2.24) is 5.32 Å². The van der Waals surface area contributed by atoms with Crippen LogP contribution >= 0.6 is 0 Å². The van der Waals surface area contributed by atoms with E-state index in [9.17, 15) is 18.0 Å². The van der Waals surface area contributed by atoms with E-state index in [4.69, 9.17) is 9.47 Å². The van der Waals surface area contributed by atoms with Crippen LogP contribution < -0.4 is 24.8 Å². The van der Waals surface area contributed by atoms with Gasteiger partial charge in [-0.3, -0.25) is 14.3 Å². The van der Waals surface area contributed by atoms with Crippen LogP contribution in [0.1, 0.15) is 25.7 Å². The Hall–Kier alpha value is -3.27. The molecule has 1 unspecified atom stereocenters. The molecule has 1 aliphatic heterocycles. The summed E-state index contributed by atoms with van der Waals surface area (Å²) >= 11 is 0. The number of methoxy groups -OCH3 is 2. The Kier molecular flexibility index (Phi) is 7.01. The normalized spacial score (nSPS) is 16.6. The molecular formula is C21H25N3O6S. The average Bonchev–Trinajstić information content (AvgIpc) is 2.98. The standard InChI is InChI=1S/C21H25N3O6S/c1-29-16-10-7-14(8-11-16)24-31(27,28)19-13-15(9-12-18(19)30-2)22-21(26)17-5-3-4-6-20(25)23-17/h7-13,17,24H,3-6H2,1-2H3,(H,22,26)(H,23,25). The first-order valence-corrected chi connectivity index (χ1v) is 11.3. The van der Waals surface area contributed by atoms with E-state index in [1.54, 1.807) is 30.3 Å². The van der Waals surface area contributed by atoms with Crippen molar-refractivity contribution in [3.63, 3.8) is 0 Å². The highest BCUT2D eigenvalue weighted by Gasteiger charge is 2.25. The van der Waals surface area contributed by atoms with Gasteiger partial charge in [0.15, 0.2) is 0 Å². The smallest absolute Gasteiger partial charge is 0.265 e. The predicted molar refractivity (Wildman–Crippen MR) is 116 cm³/mol. The van der Waals surface area contributed by atoms with Crippen LogP contribution in [-0.4, -0.2) is 40.5 Å². The van der Waals surface area contributed by atoms with Crippen LogP contribution in [0.4, 0.5) is 11.4 Å². The van der Waals surface area contributed by atoms with Gasteiger partial charge in [-0.2, -0.15) is 0 Å². The van der Waals surface area contributed by atoms with E-state index in [0.717, 1.165) is 12.8 Å². The number of carbonyl (C=O) groups excluding carboxylic acids is 2. The zero-order valence-electron chi connectivity index (χ0n) is 17.3. The Balaban J connectivity index is 1.82. The van der Waals surface area contributed by atoms with Gasteiger partial charge in [-0.15, -0.1) is 0 Å². The second-order valence-electron chi connectivity index (χ2n) is 7.05. The molecule has 1 heterocycles. The number of carbonyl (C=O) groups is 2. The summed E-state index contributed by atoms with van der Waals surface area (Å²) in [5.41, 5.74) is 0.623. The van der Waals surface area contributed by atoms with Gasteiger partial charge in [-0.1, -0.05) is 6.42 Å². The van der Waals surface area contributed by atoms with Crippen LogP contribution in [0.2, 0.25) is 0 Å². The fraction of sp³-hybridized carbons (Fsp3) is 0.333. The molecule has 0 aromatic heterocycles. The van der Waals surface area contributed by atoms with Crippen molar-refractivity contribution >= 4 is 33.2 Å². The van der Waals surface area contributed by atoms with Gasteiger partial charge in [0, 0.05) is 17.8 Å². The summed E-state index contributed by atoms with van der Waals surface area (Å²) in [5, 5.41) is 5.38. The van der Waals surface area contributed by atoms with Gasteiger partial charge in [-0.25, -0.2) is 8.42 Å². The SMILES string of the molecule is COc1ccc(NS(=O)(=O)c2cc(NC(=O)C3CCCCC(=O)N3)ccc2OC)cc1. The lowest BCUT2D eigenvalue weighted by Gasteiger charge is -2.17. The van der Waals surface area contributed by atoms with Crippen LogP contribution in [-0.2, 0) is 19.6 Å². The number of nitrogens with one attached hydrogen (secondary N) is 3. The molecular weight excluding hydrogens is 422 g/mol. The fourth-order valence-electron chi connectivity index (χ4n) is 3.23. The highest BCUT2D eigenvalue weighted by molar-refractivity contribution is 7.92. The van der Waals surface area contributed by atoms with Gasteiger partial charge in [0.1, 0.15) is 22.4 Å². The molecule has 0 radical (unpaired) electrons. The van der Waals surface area contributed by atoms with Crippen molar-refractivity contribution < 1.29 is 27.5 Å². The molecule has 0 saturated carbocycles. The highest BCUT2D eigenvalue weighted by Crippen LogP contribution is 2.29. The molecule has 31 heavy (non-hydrogen) atoms. The van der Waals surface area contributed by atoms with E-state index in [2.05, 4.69) is 15.4 Å². The molecule has 2 aromatic carbocycles. The van der Waals surface area contributed by atoms with E-state index in [1.165, 1.54) is 26.4 Å². The molecule has 2 aromatic rings. The number of anilines is 2. The van der Waals surface area contributed by atoms with Crippen LogP contribution in [0.15, 0.2) is 47.4 Å². The topological polar surface area (TPSA) is 123 Å². The van der Waals surface area contributed by atoms with Gasteiger partial charge >= 0.3 is 0 Å². The summed E-state index contributed by atoms with van der Waals surface area (Å²) in [7, 11) is -1.13. The summed E-state index contributed by atoms with van der Waals surface area (Å²) in [4.78, 5) is 24.2. The maximum absolute atomic E-state index is 13.0. The van der Waals surface area contributed by atoms with Crippen molar-refractivity contribution in [3.05, 3.63) is 42.5 Å². The van der Waals surface area contributed by atoms with Crippen molar-refractivity contribution in [2.24, 2.45) is 0 Å². The molecule has 0 bridgehead atoms. The molecule has 3 N–H and O–H groups in total. The number of sulfonamides is 1. The third kappa shape index (κ3) is 5.66. The molecule has 1 saturated heterocycles. The van der Waals surface area contributed by atoms with Gasteiger partial charge in [-0.05, 0) is 55.3 Å². The number of benzene rings is 2. The summed E-state index contributed by atoms with van der Waals surface area (Å²) in [5.74, 6) is 0.156. The van der Waals surface area contributed by atoms with Crippen molar-refractivity contribution in [1.29, 1.82) is 0 Å². The van der Waals surface area contributed by atoms with E-state index >= 15 is 0 Å². The monoisotopic (exact) mass is 447 g/mol. The van der Waals surface area contributed by atoms with Gasteiger partial charge < -0.3 is 20.1 Å². The van der Waals surface area contributed by atoms with E-state index in [1.807, 2.05) is 0 Å². The molecule has 2 amide bonds. The summed E-state index contributed by atoms with van der Waals surface area (Å²) in [6.07, 6.45) is 2.41. The minimum Gasteiger partial charge on any atom is -0.497 e. The molecule has 10 heteroatoms. The quantitative estimate of drug-likeness (QED) is 0.599. The van der Waals surface area contributed by atoms with Crippen LogP contribution in [0.25, 0.3) is 0 Å². The Morgan fingerprint density at radius 2 is 1.74 bits per heavy atom. The zero-order chi connectivity index (χ0) is 22.4. The molecule has 1 fully saturated rings. The number of ether oxygens (including phenoxy) is 2. The third-order valence-corrected chi connectivity index (χ3v) is 6.26. The number of hydrogen-bond acceptors (Lipinski definition) is 6. The van der Waals surface area contributed by atoms with Crippen molar-refractivity contribution in [3.8, 4) is 11.5 Å². The van der Waals surface area contributed by atoms with Gasteiger partial charge in [0.2, 0.25) is 11.8 Å². The van der Waals surface area contributed by atoms with Crippen molar-refractivity contribution in [2.75, 3.05) is 24.3 Å². The Morgan fingerprint density at radius 1 is 1.03 bits per heavy atom. The fourth-order valence-corrected chi connectivity index (χ4v) is 4.49. The lowest BCUT2D eigenvalue weighted by Crippen LogP contribution is -2.42. The van der Waals surface area contributed by atoms with Crippen LogP contribution in [0.5, 0.6) is 11.5 Å². The summed E-state index contributed by atoms with van der Waals surface area (Å²) < 4.78 is 38.7. The van der Waals surface area contributed by atoms with Gasteiger partial charge in [0.25, 0.3) is 10.0 Å². The summed E-state index contributed by atoms with van der Waals surface area (Å²) in [6.45, 7) is 0. The largest absolute Gasteiger partial charge is 0.497 e. The molecule has 1 atom stereocenters. The van der Waals surface area contributed by atoms with Crippen molar-refractivity contribution in [2.45, 2.75) is 36.6 Å². The van der Waals surface area contributed by atoms with Crippen LogP contribution in [0, 0.1) is 0 Å². The lowest BCUT2D eigenvalue weighted by atomic mass is 10.1. The number of rotatable bonds is 7. The second kappa shape index (κ2) is 9.69. The molecule has 0 aliphatic carbocycles. The Bertz CT molecular complexity index is 1050. The Labute approximate surface area is 181 Å². The summed E-state index contributed by atoms with van der Waals surface area (Å²) in [6, 6.07) is 10.1. The van der Waals surface area contributed by atoms with E-state index in [-0.39, 0.29) is 22.2 Å². The maximum atomic E-state index is 13.0.